The summed E-state index contributed by atoms with van der Waals surface area (Å²) in [5, 5.41) is 22.8. The van der Waals surface area contributed by atoms with Gasteiger partial charge in [-0.3, -0.25) is 43.6 Å². The van der Waals surface area contributed by atoms with Gasteiger partial charge in [0.2, 0.25) is 23.0 Å². The number of aliphatic carboxylic acids is 1. The number of piperidine rings is 5. The van der Waals surface area contributed by atoms with Crippen LogP contribution in [0.4, 0.5) is 28.4 Å². The fourth-order valence-corrected chi connectivity index (χ4v) is 15.4. The summed E-state index contributed by atoms with van der Waals surface area (Å²) in [6.45, 7) is 17.7. The predicted molar refractivity (Wildman–Crippen MR) is 530 cm³/mol. The molecule has 0 bridgehead atoms. The molecule has 7 aliphatic heterocycles. The third-order valence-electron chi connectivity index (χ3n) is 21.1. The number of carbonyl (C=O) groups is 8. The number of para-hydroxylation sites is 5. The summed E-state index contributed by atoms with van der Waals surface area (Å²) in [5.74, 6) is 0.251. The third kappa shape index (κ3) is 47.3. The van der Waals surface area contributed by atoms with E-state index in [9.17, 15) is 33.6 Å². The molecule has 3 amide bonds. The first-order valence-corrected chi connectivity index (χ1v) is 50.0. The van der Waals surface area contributed by atoms with Gasteiger partial charge in [-0.05, 0) is 165 Å². The van der Waals surface area contributed by atoms with Gasteiger partial charge in [0.05, 0.1) is 18.7 Å². The number of carboxylic acids is 1. The number of aliphatic hydroxyl groups excluding tert-OH is 1. The van der Waals surface area contributed by atoms with Crippen molar-refractivity contribution < 1.29 is 94.0 Å². The van der Waals surface area contributed by atoms with E-state index in [1.807, 2.05) is 107 Å². The normalized spacial score (nSPS) is 15.1. The van der Waals surface area contributed by atoms with Crippen molar-refractivity contribution in [2.24, 2.45) is 0 Å². The quantitative estimate of drug-likeness (QED) is 0.0133. The van der Waals surface area contributed by atoms with Gasteiger partial charge in [-0.2, -0.15) is 0 Å². The number of hydrogen-bond donors (Lipinski definition) is 4. The zero-order chi connectivity index (χ0) is 94.1. The van der Waals surface area contributed by atoms with Gasteiger partial charge in [-0.15, -0.1) is 23.2 Å². The molecule has 23 nitrogen and oxygen atoms in total. The number of nitrogens with zero attached hydrogens (tertiary/aromatic N) is 7. The van der Waals surface area contributed by atoms with Gasteiger partial charge in [0.1, 0.15) is 11.7 Å². The van der Waals surface area contributed by atoms with Crippen molar-refractivity contribution in [3.05, 3.63) is 294 Å². The molecule has 9 aromatic carbocycles. The minimum Gasteiger partial charge on any atom is -0.382 e. The summed E-state index contributed by atoms with van der Waals surface area (Å²) >= 11 is 13.7. The monoisotopic (exact) mass is 1940 g/mol. The Morgan fingerprint density at radius 3 is 1.15 bits per heavy atom. The summed E-state index contributed by atoms with van der Waals surface area (Å²) in [4.78, 5) is 109. The fourth-order valence-electron chi connectivity index (χ4n) is 15.2. The van der Waals surface area contributed by atoms with Gasteiger partial charge < -0.3 is 41.0 Å². The number of hydrogen-bond acceptors (Lipinski definition) is 20. The Hall–Kier alpha value is -8.90. The molecule has 0 saturated carbocycles. The number of alkyl halides is 2. The first kappa shape index (κ1) is 115. The van der Waals surface area contributed by atoms with Gasteiger partial charge in [0, 0.05) is 174 Å². The van der Waals surface area contributed by atoms with Crippen molar-refractivity contribution in [2.75, 3.05) is 103 Å². The fraction of sp³-hybridized carbons (Fsp3) is 0.354. The van der Waals surface area contributed by atoms with Crippen molar-refractivity contribution in [3.63, 3.8) is 0 Å². The molecule has 0 unspecified atom stereocenters. The number of amides is 3. The molecule has 16 rings (SSSR count). The molecule has 0 aliphatic carbocycles. The number of nitrogens with two attached hydrogens (primary N) is 1. The number of anilines is 5. The number of aliphatic hydroxyl groups is 1. The minimum atomic E-state index is -1.72. The van der Waals surface area contributed by atoms with Crippen LogP contribution in [0.15, 0.2) is 261 Å². The van der Waals surface area contributed by atoms with Crippen LogP contribution in [0.2, 0.25) is 0 Å². The maximum atomic E-state index is 12.4. The number of nitrogens with one attached hydrogen (secondary N) is 2. The number of fused-ring (bicyclic) bond motifs is 2. The van der Waals surface area contributed by atoms with Crippen LogP contribution in [0.5, 0.6) is 0 Å². The second-order valence-corrected chi connectivity index (χ2v) is 38.2. The molecular formula is C99H119AlB2Cl6N10NaO13. The molecule has 5 fully saturated rings. The molecule has 132 heavy (non-hydrogen) atoms. The smallest absolute Gasteiger partial charge is 0.382 e. The Labute approximate surface area is 836 Å². The molecule has 0 aromatic heterocycles. The van der Waals surface area contributed by atoms with Crippen LogP contribution >= 0.6 is 65.0 Å². The molecule has 7 heterocycles. The van der Waals surface area contributed by atoms with E-state index in [0.29, 0.717) is 43.9 Å². The van der Waals surface area contributed by atoms with Crippen molar-refractivity contribution in [1.29, 1.82) is 0 Å². The maximum Gasteiger partial charge on any atom is 1.00 e. The second-order valence-electron chi connectivity index (χ2n) is 30.8. The standard InChI is InChI=1S/C20H23ClN2O.C20H22N2O.C18H22N2.C13H16N2O.C12H15NO.C6H7N.C4H6O4.C2HBO2.C2H2Cl2O.C2H4O2.Al.B.3ClH.Na.H2/c21-15-20(24)23(18-9-5-2-6-10-18)19-11-13-22(14-12-19)16-17-7-3-1-4-8-17;23-20-14-17-8-4-5-9-19(17)22(20)18-10-12-21(13-11-18)15-16-6-2-1-3-7-16;1-3-7-16(8-4-1)15-20-13-11-18(12-14-20)19-17-9-5-2-6-10-17;16-13-9-10-3-1-2-4-12(10)15(13)11-5-7-14-8-6-11;14-12-6-8-13(9-7-12)10-11-4-2-1-3-5-11;7-6-4-2-1-3-5-6;1-3(5)7-8-4(2)6;4-2-1-3-5;3-1-2(4)5;1-2(3)4;;;;;;;/h1-10,19H,11-16H2;1-9,18H,10-15H2;1-10,18-19H,11-15H2;1-4,11,14H,5-9H2;1-5H,6-10H2;1-5H,7H2;1-2H3;4H;1H2;1H3,(H,3,4);;;3*1H;;1H/q;;;;;;;;;;+3;;;;;+1;/p-4. The SMILES string of the molecule is CC(=O)OOC(C)=O.CC(=O)[O-].Nc1ccccc1.O=BC#CO.O=C(CCl)N(c1ccccc1)C1CCN(Cc2ccccc2)CC1.O=C(Cl)CCl.O=C1CCN(Cc2ccccc2)CC1.O=C1Cc2ccccc2N1C1CCN(Cc2ccccc2)CC1.O=C1Cc2ccccc2N1C1CCNCC1.[B].[Cl][Al]([Cl])[Cl].[HH].[Na+].c1ccc(CN2CCC(Nc3ccccc3)CC2)cc1. The van der Waals surface area contributed by atoms with E-state index in [4.69, 9.17) is 90.4 Å². The molecule has 695 valence electrons. The Morgan fingerprint density at radius 2 is 0.826 bits per heavy atom. The van der Waals surface area contributed by atoms with Gasteiger partial charge in [0.15, 0.2) is 0 Å². The van der Waals surface area contributed by atoms with Crippen molar-refractivity contribution in [3.8, 4) is 11.9 Å². The number of Topliss-reactive ketones (excluding diaryl/α,β-unsaturated/α-hetero) is 1. The first-order valence-electron chi connectivity index (χ1n) is 43.3. The van der Waals surface area contributed by atoms with Crippen LogP contribution in [0, 0.1) is 11.9 Å². The molecule has 5 N–H and O–H groups in total. The Bertz CT molecular complexity index is 4780. The van der Waals surface area contributed by atoms with E-state index in [0.717, 1.165) is 173 Å². The van der Waals surface area contributed by atoms with Crippen LogP contribution in [-0.2, 0) is 91.9 Å². The largest absolute Gasteiger partial charge is 1.00 e. The van der Waals surface area contributed by atoms with Crippen molar-refractivity contribution in [2.45, 2.75) is 148 Å². The summed E-state index contributed by atoms with van der Waals surface area (Å²) < 4.78 is 9.07. The van der Waals surface area contributed by atoms with Crippen molar-refractivity contribution >= 4 is 167 Å². The molecule has 0 atom stereocenters. The summed E-state index contributed by atoms with van der Waals surface area (Å²) in [6, 6.07) is 90.3. The molecule has 0 spiro atoms. The molecule has 9 aromatic rings. The van der Waals surface area contributed by atoms with Gasteiger partial charge >= 0.3 is 81.8 Å². The van der Waals surface area contributed by atoms with Crippen LogP contribution < -0.4 is 65.7 Å². The van der Waals surface area contributed by atoms with Gasteiger partial charge in [-0.1, -0.05) is 212 Å². The summed E-state index contributed by atoms with van der Waals surface area (Å²) in [5.41, 5.74) is 18.5. The Balaban J connectivity index is 0.000000395. The zero-order valence-corrected chi connectivity index (χ0v) is 83.2. The second kappa shape index (κ2) is 68.1. The van der Waals surface area contributed by atoms with E-state index in [2.05, 4.69) is 209 Å². The number of carboxylic acid groups (broad SMARTS) is 1. The molecule has 3 radical (unpaired) electrons. The van der Waals surface area contributed by atoms with Gasteiger partial charge in [-0.25, -0.2) is 49.5 Å². The Kier molecular flexibility index (Phi) is 59.6. The third-order valence-corrected chi connectivity index (χ3v) is 21.8. The average Bonchev–Trinajstić information content (AvgIpc) is 1.69. The van der Waals surface area contributed by atoms with E-state index in [1.54, 1.807) is 5.82 Å². The number of nitrogen functional groups attached to an aromatic ring is 1. The topological polar surface area (TPSA) is 288 Å². The number of benzene rings is 9. The number of likely N-dealkylation sites (tertiary alicyclic amines) is 4. The van der Waals surface area contributed by atoms with Crippen LogP contribution in [0.3, 0.4) is 0 Å². The minimum absolute atomic E-state index is 0. The van der Waals surface area contributed by atoms with Crippen LogP contribution in [0.1, 0.15) is 120 Å². The maximum absolute atomic E-state index is 12.4. The van der Waals surface area contributed by atoms with E-state index in [1.165, 1.54) is 71.1 Å². The summed E-state index contributed by atoms with van der Waals surface area (Å²) in [6.07, 6.45) is 12.7. The molecule has 5 saturated heterocycles. The van der Waals surface area contributed by atoms with Gasteiger partial charge in [0.25, 0.3) is 0 Å². The van der Waals surface area contributed by atoms with E-state index in [-0.39, 0.29) is 74.9 Å². The number of halogens is 6. The van der Waals surface area contributed by atoms with E-state index < -0.39 is 34.5 Å². The molecule has 33 heteroatoms. The number of ketones is 1. The number of carbonyl (C=O) groups excluding carboxylic acids is 8. The average molecular weight is 1940 g/mol. The first-order chi connectivity index (χ1) is 62.9. The van der Waals surface area contributed by atoms with Crippen LogP contribution in [0.25, 0.3) is 0 Å². The summed E-state index contributed by atoms with van der Waals surface area (Å²) in [7, 11) is 15.2. The van der Waals surface area contributed by atoms with E-state index >= 15 is 0 Å². The predicted octanol–water partition coefficient (Wildman–Crippen LogP) is 13.0. The van der Waals surface area contributed by atoms with Crippen molar-refractivity contribution in [1.82, 2.24) is 24.9 Å². The Morgan fingerprint density at radius 1 is 0.508 bits per heavy atom. The molecule has 7 aliphatic rings. The number of rotatable bonds is 16. The zero-order valence-electron chi connectivity index (χ0n) is 75.5. The van der Waals surface area contributed by atoms with Crippen LogP contribution in [-0.4, -0.2) is 200 Å². The molecular weight excluding hydrogens is 1820 g/mol.